The maximum absolute atomic E-state index is 14.1. The summed E-state index contributed by atoms with van der Waals surface area (Å²) < 4.78 is 178. The van der Waals surface area contributed by atoms with E-state index in [1.165, 1.54) is 13.0 Å². The van der Waals surface area contributed by atoms with Crippen molar-refractivity contribution in [2.75, 3.05) is 0 Å². The van der Waals surface area contributed by atoms with Crippen LogP contribution in [0.15, 0.2) is 59.8 Å². The van der Waals surface area contributed by atoms with E-state index in [1.807, 2.05) is 5.16 Å². The summed E-state index contributed by atoms with van der Waals surface area (Å²) in [6.45, 7) is 1.44. The molecule has 0 heterocycles. The van der Waals surface area contributed by atoms with E-state index < -0.39 is 59.9 Å². The molecule has 0 aromatic heterocycles. The predicted octanol–water partition coefficient (Wildman–Crippen LogP) is 4.84. The summed E-state index contributed by atoms with van der Waals surface area (Å²) in [4.78, 5) is 0. The second-order valence-electron chi connectivity index (χ2n) is 6.79. The monoisotopic (exact) mass is 573 g/mol. The fraction of sp³-hybridized carbons (Fsp3) is 0.278. The van der Waals surface area contributed by atoms with Gasteiger partial charge in [-0.05, 0) is 19.1 Å². The number of benzene rings is 2. The fourth-order valence-electron chi connectivity index (χ4n) is 2.25. The van der Waals surface area contributed by atoms with Crippen LogP contribution in [0.5, 0.6) is 5.75 Å². The van der Waals surface area contributed by atoms with Crippen LogP contribution in [0.3, 0.4) is 0 Å². The van der Waals surface area contributed by atoms with Crippen LogP contribution >= 0.6 is 0 Å². The third kappa shape index (κ3) is 5.37. The molecule has 0 saturated carbocycles. The first-order valence-electron chi connectivity index (χ1n) is 8.95. The highest BCUT2D eigenvalue weighted by atomic mass is 32.2. The van der Waals surface area contributed by atoms with Crippen LogP contribution < -0.4 is 4.18 Å². The fourth-order valence-corrected chi connectivity index (χ4v) is 3.94. The summed E-state index contributed by atoms with van der Waals surface area (Å²) in [7, 11) is -14.5. The number of halogens is 9. The lowest BCUT2D eigenvalue weighted by Crippen LogP contribution is -2.61. The number of hydrogen-bond donors (Lipinski definition) is 0. The molecule has 2 aromatic carbocycles. The molecular formula is C18H12F9NO6S2. The zero-order valence-corrected chi connectivity index (χ0v) is 18.9. The Hall–Kier alpha value is -3.02. The summed E-state index contributed by atoms with van der Waals surface area (Å²) in [6, 6.07) is 7.93. The van der Waals surface area contributed by atoms with Gasteiger partial charge in [0.25, 0.3) is 0 Å². The first kappa shape index (κ1) is 29.2. The molecule has 0 atom stereocenters. The maximum Gasteiger partial charge on any atom is 0.452 e. The topological polar surface area (TPSA) is 99.1 Å². The summed E-state index contributed by atoms with van der Waals surface area (Å²) in [5.41, 5.74) is -2.87. The molecule has 0 aliphatic rings. The van der Waals surface area contributed by atoms with E-state index in [9.17, 15) is 56.3 Å². The Balaban J connectivity index is 2.47. The molecule has 18 heteroatoms. The Labute approximate surface area is 197 Å². The van der Waals surface area contributed by atoms with Gasteiger partial charge in [-0.25, -0.2) is 0 Å². The van der Waals surface area contributed by atoms with Gasteiger partial charge in [-0.1, -0.05) is 53.2 Å². The average Bonchev–Trinajstić information content (AvgIpc) is 2.74. The molecular weight excluding hydrogens is 561 g/mol. The van der Waals surface area contributed by atoms with Crippen LogP contribution in [-0.2, 0) is 24.5 Å². The third-order valence-corrected chi connectivity index (χ3v) is 6.58. The van der Waals surface area contributed by atoms with E-state index in [0.29, 0.717) is 29.8 Å². The summed E-state index contributed by atoms with van der Waals surface area (Å²) in [5, 5.41) is -12.2. The van der Waals surface area contributed by atoms with Crippen molar-refractivity contribution < 1.29 is 64.8 Å². The van der Waals surface area contributed by atoms with Crippen molar-refractivity contribution in [1.82, 2.24) is 0 Å². The number of hydrogen-bond acceptors (Lipinski definition) is 7. The smallest absolute Gasteiger partial charge is 0.378 e. The minimum Gasteiger partial charge on any atom is -0.378 e. The summed E-state index contributed by atoms with van der Waals surface area (Å²) in [6.07, 6.45) is -5.59. The van der Waals surface area contributed by atoms with Crippen molar-refractivity contribution in [1.29, 1.82) is 0 Å². The molecule has 0 spiro atoms. The van der Waals surface area contributed by atoms with Gasteiger partial charge in [0.1, 0.15) is 5.75 Å². The molecule has 7 nitrogen and oxygen atoms in total. The summed E-state index contributed by atoms with van der Waals surface area (Å²) in [5.74, 6) is -8.36. The largest absolute Gasteiger partial charge is 0.452 e. The molecule has 36 heavy (non-hydrogen) atoms. The van der Waals surface area contributed by atoms with E-state index in [2.05, 4.69) is 8.47 Å². The average molecular weight is 573 g/mol. The van der Waals surface area contributed by atoms with Crippen LogP contribution in [-0.4, -0.2) is 45.2 Å². The lowest BCUT2D eigenvalue weighted by atomic mass is 10.1. The van der Waals surface area contributed by atoms with Crippen molar-refractivity contribution in [2.24, 2.45) is 5.16 Å². The second kappa shape index (κ2) is 9.45. The zero-order valence-electron chi connectivity index (χ0n) is 17.3. The molecule has 0 unspecified atom stereocenters. The normalized spacial score (nSPS) is 14.4. The number of oxime groups is 1. The lowest BCUT2D eigenvalue weighted by molar-refractivity contribution is -0.247. The van der Waals surface area contributed by atoms with Gasteiger partial charge >= 0.3 is 42.8 Å². The van der Waals surface area contributed by atoms with Crippen LogP contribution in [0, 0.1) is 6.92 Å². The molecule has 200 valence electrons. The predicted molar refractivity (Wildman–Crippen MR) is 105 cm³/mol. The van der Waals surface area contributed by atoms with E-state index in [-0.39, 0.29) is 0 Å². The van der Waals surface area contributed by atoms with Gasteiger partial charge < -0.3 is 4.18 Å². The van der Waals surface area contributed by atoms with Crippen molar-refractivity contribution in [3.63, 3.8) is 0 Å². The zero-order chi connectivity index (χ0) is 27.8. The minimum absolute atomic E-state index is 0.417. The molecule has 2 rings (SSSR count). The number of alkyl halides is 9. The highest BCUT2D eigenvalue weighted by Crippen LogP contribution is 2.51. The van der Waals surface area contributed by atoms with Gasteiger partial charge in [-0.3, -0.25) is 4.28 Å². The highest BCUT2D eigenvalue weighted by molar-refractivity contribution is 7.89. The van der Waals surface area contributed by atoms with Crippen LogP contribution in [0.4, 0.5) is 39.5 Å². The Morgan fingerprint density at radius 2 is 1.19 bits per heavy atom. The minimum atomic E-state index is -7.47. The van der Waals surface area contributed by atoms with E-state index in [4.69, 9.17) is 0 Å². The molecule has 0 radical (unpaired) electrons. The van der Waals surface area contributed by atoms with Gasteiger partial charge in [0.15, 0.2) is 5.71 Å². The van der Waals surface area contributed by atoms with Crippen LogP contribution in [0.25, 0.3) is 0 Å². The molecule has 0 aliphatic carbocycles. The van der Waals surface area contributed by atoms with Gasteiger partial charge in [-0.15, -0.1) is 0 Å². The van der Waals surface area contributed by atoms with Crippen molar-refractivity contribution in [2.45, 2.75) is 29.5 Å². The lowest BCUT2D eigenvalue weighted by Gasteiger charge is -2.30. The molecule has 0 amide bonds. The first-order chi connectivity index (χ1) is 16.2. The maximum atomic E-state index is 14.1. The molecule has 0 N–H and O–H groups in total. The molecule has 0 fully saturated rings. The SMILES string of the molecule is Cc1ccc(OS(=O)(=O)C(F)(F)C(F)(F)C(F)(F)S(=O)(=O)O/N=C(\c2ccccc2)C(F)(F)F)cc1. The first-order valence-corrected chi connectivity index (χ1v) is 11.8. The number of nitrogens with zero attached hydrogens (tertiary/aromatic N) is 1. The van der Waals surface area contributed by atoms with E-state index in [0.717, 1.165) is 24.3 Å². The van der Waals surface area contributed by atoms with Gasteiger partial charge in [-0.2, -0.15) is 56.3 Å². The standard InChI is InChI=1S/C18H12F9NO6S2/c1-11-7-9-13(10-8-11)33-35(29,30)17(24,25)16(22,23)18(26,27)36(31,32)34-28-14(15(19,20)21)12-5-3-2-4-6-12/h2-10H,1H3/b28-14+. The molecule has 0 saturated heterocycles. The van der Waals surface area contributed by atoms with Gasteiger partial charge in [0.05, 0.1) is 0 Å². The summed E-state index contributed by atoms with van der Waals surface area (Å²) >= 11 is 0. The van der Waals surface area contributed by atoms with Gasteiger partial charge in [0.2, 0.25) is 0 Å². The second-order valence-corrected chi connectivity index (χ2v) is 9.95. The van der Waals surface area contributed by atoms with Crippen molar-refractivity contribution >= 4 is 25.9 Å². The Bertz CT molecular complexity index is 1330. The van der Waals surface area contributed by atoms with E-state index >= 15 is 0 Å². The van der Waals surface area contributed by atoms with E-state index in [1.54, 1.807) is 0 Å². The number of aryl methyl sites for hydroxylation is 1. The number of rotatable bonds is 9. The molecule has 2 aromatic rings. The highest BCUT2D eigenvalue weighted by Gasteiger charge is 2.84. The Morgan fingerprint density at radius 3 is 1.67 bits per heavy atom. The Kier molecular flexibility index (Phi) is 7.67. The molecule has 0 aliphatic heterocycles. The van der Waals surface area contributed by atoms with Crippen molar-refractivity contribution in [3.05, 3.63) is 65.7 Å². The van der Waals surface area contributed by atoms with Crippen LogP contribution in [0.2, 0.25) is 0 Å². The third-order valence-electron chi connectivity index (χ3n) is 4.13. The van der Waals surface area contributed by atoms with Crippen LogP contribution in [0.1, 0.15) is 11.1 Å². The Morgan fingerprint density at radius 1 is 0.722 bits per heavy atom. The quantitative estimate of drug-likeness (QED) is 0.184. The molecule has 0 bridgehead atoms. The van der Waals surface area contributed by atoms with Gasteiger partial charge in [0, 0.05) is 5.56 Å². The van der Waals surface area contributed by atoms with Crippen molar-refractivity contribution in [3.8, 4) is 5.75 Å².